The van der Waals surface area contributed by atoms with Crippen LogP contribution in [0.3, 0.4) is 0 Å². The Hall–Kier alpha value is -1.75. The zero-order valence-corrected chi connectivity index (χ0v) is 11.0. The number of nitrogens with one attached hydrogen (secondary N) is 2. The van der Waals surface area contributed by atoms with E-state index in [9.17, 15) is 9.59 Å². The molecule has 0 bridgehead atoms. The van der Waals surface area contributed by atoms with Crippen molar-refractivity contribution in [2.45, 2.75) is 24.8 Å². The number of halogens is 1. The van der Waals surface area contributed by atoms with Crippen LogP contribution < -0.4 is 10.6 Å². The molecular formula is C13H15ClN2O3. The van der Waals surface area contributed by atoms with E-state index in [0.29, 0.717) is 10.9 Å². The van der Waals surface area contributed by atoms with Crippen molar-refractivity contribution >= 4 is 23.6 Å². The molecule has 6 heteroatoms. The second-order valence-corrected chi connectivity index (χ2v) is 4.98. The first-order valence-electron chi connectivity index (χ1n) is 6.08. The van der Waals surface area contributed by atoms with Gasteiger partial charge in [-0.15, -0.1) is 0 Å². The molecule has 0 radical (unpaired) electrons. The predicted molar refractivity (Wildman–Crippen MR) is 71.4 cm³/mol. The van der Waals surface area contributed by atoms with Crippen molar-refractivity contribution < 1.29 is 14.7 Å². The van der Waals surface area contributed by atoms with E-state index in [1.54, 1.807) is 0 Å². The number of carboxylic acids is 1. The molecule has 2 rings (SSSR count). The first kappa shape index (κ1) is 13.7. The van der Waals surface area contributed by atoms with Crippen molar-refractivity contribution in [3.63, 3.8) is 0 Å². The van der Waals surface area contributed by atoms with Gasteiger partial charge in [0.15, 0.2) is 0 Å². The summed E-state index contributed by atoms with van der Waals surface area (Å²) in [5, 5.41) is 14.5. The van der Waals surface area contributed by atoms with Gasteiger partial charge in [-0.05, 0) is 24.1 Å². The highest BCUT2D eigenvalue weighted by molar-refractivity contribution is 6.30. The fourth-order valence-electron chi connectivity index (χ4n) is 1.96. The molecule has 0 spiro atoms. The molecule has 1 aliphatic carbocycles. The second kappa shape index (κ2) is 5.93. The van der Waals surface area contributed by atoms with Crippen LogP contribution in [0.1, 0.15) is 24.3 Å². The molecular weight excluding hydrogens is 268 g/mol. The SMILES string of the molecule is O=C(O)CCNC(=O)N[C@@H]1C[C@H]1c1cccc(Cl)c1. The van der Waals surface area contributed by atoms with Crippen LogP contribution in [0.15, 0.2) is 24.3 Å². The molecule has 1 aromatic rings. The van der Waals surface area contributed by atoms with Crippen LogP contribution in [0.5, 0.6) is 0 Å². The maximum Gasteiger partial charge on any atom is 0.315 e. The second-order valence-electron chi connectivity index (χ2n) is 4.55. The van der Waals surface area contributed by atoms with Crippen LogP contribution in [-0.4, -0.2) is 29.7 Å². The molecule has 1 saturated carbocycles. The van der Waals surface area contributed by atoms with Gasteiger partial charge in [0.1, 0.15) is 0 Å². The van der Waals surface area contributed by atoms with Crippen molar-refractivity contribution in [3.05, 3.63) is 34.9 Å². The number of benzene rings is 1. The number of hydrogen-bond donors (Lipinski definition) is 3. The van der Waals surface area contributed by atoms with Gasteiger partial charge in [0.05, 0.1) is 6.42 Å². The van der Waals surface area contributed by atoms with E-state index in [2.05, 4.69) is 10.6 Å². The molecule has 1 fully saturated rings. The van der Waals surface area contributed by atoms with Gasteiger partial charge < -0.3 is 15.7 Å². The third-order valence-corrected chi connectivity index (χ3v) is 3.24. The maximum absolute atomic E-state index is 11.5. The first-order chi connectivity index (χ1) is 9.06. The molecule has 2 amide bonds. The molecule has 19 heavy (non-hydrogen) atoms. The van der Waals surface area contributed by atoms with Gasteiger partial charge in [-0.1, -0.05) is 23.7 Å². The Bertz CT molecular complexity index is 493. The van der Waals surface area contributed by atoms with Crippen LogP contribution in [-0.2, 0) is 4.79 Å². The van der Waals surface area contributed by atoms with Gasteiger partial charge in [0.25, 0.3) is 0 Å². The first-order valence-corrected chi connectivity index (χ1v) is 6.45. The van der Waals surface area contributed by atoms with Crippen LogP contribution in [0.2, 0.25) is 5.02 Å². The molecule has 0 heterocycles. The van der Waals surface area contributed by atoms with Crippen molar-refractivity contribution in [1.29, 1.82) is 0 Å². The third kappa shape index (κ3) is 4.13. The largest absolute Gasteiger partial charge is 0.481 e. The zero-order valence-electron chi connectivity index (χ0n) is 10.2. The van der Waals surface area contributed by atoms with E-state index in [0.717, 1.165) is 12.0 Å². The lowest BCUT2D eigenvalue weighted by Crippen LogP contribution is -2.38. The Kier molecular flexibility index (Phi) is 4.27. The topological polar surface area (TPSA) is 78.4 Å². The Morgan fingerprint density at radius 3 is 2.89 bits per heavy atom. The Balaban J connectivity index is 1.74. The predicted octanol–water partition coefficient (Wildman–Crippen LogP) is 1.97. The minimum Gasteiger partial charge on any atom is -0.481 e. The Morgan fingerprint density at radius 2 is 2.21 bits per heavy atom. The van der Waals surface area contributed by atoms with E-state index >= 15 is 0 Å². The maximum atomic E-state index is 11.5. The molecule has 1 aromatic carbocycles. The van der Waals surface area contributed by atoms with E-state index < -0.39 is 5.97 Å². The van der Waals surface area contributed by atoms with E-state index in [-0.39, 0.29) is 25.0 Å². The molecule has 5 nitrogen and oxygen atoms in total. The Morgan fingerprint density at radius 1 is 1.42 bits per heavy atom. The number of hydrogen-bond acceptors (Lipinski definition) is 2. The lowest BCUT2D eigenvalue weighted by atomic mass is 10.1. The van der Waals surface area contributed by atoms with E-state index in [1.165, 1.54) is 0 Å². The molecule has 0 aromatic heterocycles. The summed E-state index contributed by atoms with van der Waals surface area (Å²) in [6.07, 6.45) is 0.808. The van der Waals surface area contributed by atoms with Crippen molar-refractivity contribution in [1.82, 2.24) is 10.6 Å². The minimum absolute atomic E-state index is 0.0736. The van der Waals surface area contributed by atoms with E-state index in [1.807, 2.05) is 24.3 Å². The molecule has 0 unspecified atom stereocenters. The summed E-state index contributed by atoms with van der Waals surface area (Å²) in [5.74, 6) is -0.632. The standard InChI is InChI=1S/C13H15ClN2O3/c14-9-3-1-2-8(6-9)10-7-11(10)16-13(19)15-5-4-12(17)18/h1-3,6,10-11H,4-5,7H2,(H,17,18)(H2,15,16,19)/t10-,11+/m0/s1. The number of carbonyl (C=O) groups is 2. The van der Waals surface area contributed by atoms with Crippen LogP contribution >= 0.6 is 11.6 Å². The summed E-state index contributed by atoms with van der Waals surface area (Å²) in [5.41, 5.74) is 1.11. The number of carbonyl (C=O) groups excluding carboxylic acids is 1. The number of aliphatic carboxylic acids is 1. The quantitative estimate of drug-likeness (QED) is 0.772. The van der Waals surface area contributed by atoms with Crippen LogP contribution in [0, 0.1) is 0 Å². The van der Waals surface area contributed by atoms with Gasteiger partial charge in [-0.2, -0.15) is 0 Å². The lowest BCUT2D eigenvalue weighted by Gasteiger charge is -2.06. The smallest absolute Gasteiger partial charge is 0.315 e. The molecule has 102 valence electrons. The number of amides is 2. The summed E-state index contributed by atoms with van der Waals surface area (Å²) in [7, 11) is 0. The monoisotopic (exact) mass is 282 g/mol. The third-order valence-electron chi connectivity index (χ3n) is 3.01. The lowest BCUT2D eigenvalue weighted by molar-refractivity contribution is -0.136. The molecule has 1 aliphatic rings. The van der Waals surface area contributed by atoms with Gasteiger partial charge in [0, 0.05) is 23.5 Å². The van der Waals surface area contributed by atoms with E-state index in [4.69, 9.17) is 16.7 Å². The fourth-order valence-corrected chi connectivity index (χ4v) is 2.16. The van der Waals surface area contributed by atoms with Crippen LogP contribution in [0.4, 0.5) is 4.79 Å². The minimum atomic E-state index is -0.927. The van der Waals surface area contributed by atoms with Gasteiger partial charge >= 0.3 is 12.0 Å². The Labute approximate surface area is 116 Å². The zero-order chi connectivity index (χ0) is 13.8. The summed E-state index contributed by atoms with van der Waals surface area (Å²) in [4.78, 5) is 21.8. The van der Waals surface area contributed by atoms with Crippen LogP contribution in [0.25, 0.3) is 0 Å². The highest BCUT2D eigenvalue weighted by Crippen LogP contribution is 2.41. The summed E-state index contributed by atoms with van der Waals surface area (Å²) < 4.78 is 0. The molecule has 0 aliphatic heterocycles. The summed E-state index contributed by atoms with van der Waals surface area (Å²) in [6.45, 7) is 0.135. The van der Waals surface area contributed by atoms with Gasteiger partial charge in [0.2, 0.25) is 0 Å². The highest BCUT2D eigenvalue weighted by Gasteiger charge is 2.39. The van der Waals surface area contributed by atoms with Crippen molar-refractivity contribution in [2.24, 2.45) is 0 Å². The molecule has 3 N–H and O–H groups in total. The normalized spacial score (nSPS) is 20.7. The van der Waals surface area contributed by atoms with Gasteiger partial charge in [-0.25, -0.2) is 4.79 Å². The van der Waals surface area contributed by atoms with Crippen molar-refractivity contribution in [3.8, 4) is 0 Å². The van der Waals surface area contributed by atoms with Crippen molar-refractivity contribution in [2.75, 3.05) is 6.54 Å². The average molecular weight is 283 g/mol. The highest BCUT2D eigenvalue weighted by atomic mass is 35.5. The summed E-state index contributed by atoms with van der Waals surface area (Å²) in [6, 6.07) is 7.37. The molecule has 0 saturated heterocycles. The van der Waals surface area contributed by atoms with Gasteiger partial charge in [-0.3, -0.25) is 4.79 Å². The fraction of sp³-hybridized carbons (Fsp3) is 0.385. The number of carboxylic acid groups (broad SMARTS) is 1. The molecule has 2 atom stereocenters. The number of rotatable bonds is 5. The summed E-state index contributed by atoms with van der Waals surface area (Å²) >= 11 is 5.91. The number of urea groups is 1. The average Bonchev–Trinajstić information content (AvgIpc) is 3.07.